The second-order valence-corrected chi connectivity index (χ2v) is 10.4. The van der Waals surface area contributed by atoms with Crippen LogP contribution in [0.15, 0.2) is 41.3 Å². The highest BCUT2D eigenvalue weighted by Gasteiger charge is 2.35. The molecule has 1 amide bonds. The molecule has 0 radical (unpaired) electrons. The van der Waals surface area contributed by atoms with Gasteiger partial charge in [-0.1, -0.05) is 37.0 Å². The molecule has 32 heavy (non-hydrogen) atoms. The number of hydrogen-bond donors (Lipinski definition) is 1. The van der Waals surface area contributed by atoms with Crippen LogP contribution in [0.5, 0.6) is 5.75 Å². The number of nitrogens with zero attached hydrogens (tertiary/aromatic N) is 1. The summed E-state index contributed by atoms with van der Waals surface area (Å²) in [6.45, 7) is 7.88. The van der Waals surface area contributed by atoms with Crippen molar-refractivity contribution in [3.63, 3.8) is 0 Å². The van der Waals surface area contributed by atoms with Crippen LogP contribution < -0.4 is 10.1 Å². The maximum absolute atomic E-state index is 13.8. The van der Waals surface area contributed by atoms with Crippen molar-refractivity contribution < 1.29 is 17.9 Å². The number of aryl methyl sites for hydroxylation is 3. The Kier molecular flexibility index (Phi) is 7.96. The molecule has 0 atom stereocenters. The van der Waals surface area contributed by atoms with Crippen LogP contribution in [-0.2, 0) is 14.8 Å². The summed E-state index contributed by atoms with van der Waals surface area (Å²) in [7, 11) is -3.83. The summed E-state index contributed by atoms with van der Waals surface area (Å²) in [6.07, 6.45) is 4.61. The maximum Gasteiger partial charge on any atom is 0.244 e. The van der Waals surface area contributed by atoms with E-state index in [1.807, 2.05) is 39.8 Å². The number of ether oxygens (including phenoxy) is 1. The van der Waals surface area contributed by atoms with E-state index in [2.05, 4.69) is 5.32 Å². The Morgan fingerprint density at radius 1 is 1.03 bits per heavy atom. The molecule has 1 saturated carbocycles. The number of sulfonamides is 1. The van der Waals surface area contributed by atoms with E-state index in [-0.39, 0.29) is 18.5 Å². The number of carbonyl (C=O) groups is 1. The van der Waals surface area contributed by atoms with E-state index >= 15 is 0 Å². The van der Waals surface area contributed by atoms with Crippen LogP contribution in [0.2, 0.25) is 0 Å². The summed E-state index contributed by atoms with van der Waals surface area (Å²) in [5.74, 6) is 0.382. The first kappa shape index (κ1) is 24.3. The van der Waals surface area contributed by atoms with E-state index in [1.165, 1.54) is 4.31 Å². The maximum atomic E-state index is 13.8. The molecule has 0 saturated heterocycles. The van der Waals surface area contributed by atoms with Gasteiger partial charge in [0, 0.05) is 11.7 Å². The number of anilines is 1. The van der Waals surface area contributed by atoms with Crippen LogP contribution in [0.25, 0.3) is 0 Å². The minimum Gasteiger partial charge on any atom is -0.494 e. The highest BCUT2D eigenvalue weighted by atomic mass is 32.2. The van der Waals surface area contributed by atoms with Gasteiger partial charge in [0.05, 0.1) is 18.0 Å². The van der Waals surface area contributed by atoms with Crippen molar-refractivity contribution >= 4 is 21.6 Å². The van der Waals surface area contributed by atoms with Gasteiger partial charge in [-0.05, 0) is 75.9 Å². The molecule has 2 aromatic carbocycles. The van der Waals surface area contributed by atoms with Gasteiger partial charge in [0.25, 0.3) is 0 Å². The Bertz CT molecular complexity index is 1020. The molecule has 0 spiro atoms. The molecule has 174 valence electrons. The van der Waals surface area contributed by atoms with Gasteiger partial charge in [0.15, 0.2) is 0 Å². The molecule has 1 aliphatic carbocycles. The first-order valence-corrected chi connectivity index (χ1v) is 12.8. The highest BCUT2D eigenvalue weighted by molar-refractivity contribution is 7.89. The Labute approximate surface area is 192 Å². The smallest absolute Gasteiger partial charge is 0.244 e. The number of hydrogen-bond acceptors (Lipinski definition) is 4. The van der Waals surface area contributed by atoms with Crippen LogP contribution in [0, 0.1) is 20.8 Å². The highest BCUT2D eigenvalue weighted by Crippen LogP contribution is 2.31. The van der Waals surface area contributed by atoms with E-state index in [9.17, 15) is 13.2 Å². The van der Waals surface area contributed by atoms with Crippen molar-refractivity contribution in [3.8, 4) is 5.75 Å². The number of rotatable bonds is 8. The van der Waals surface area contributed by atoms with Gasteiger partial charge in [-0.15, -0.1) is 0 Å². The third-order valence-corrected chi connectivity index (χ3v) is 8.11. The Morgan fingerprint density at radius 3 is 2.19 bits per heavy atom. The molecular formula is C25H34N2O4S. The summed E-state index contributed by atoms with van der Waals surface area (Å²) in [5, 5.41) is 2.84. The Hall–Kier alpha value is -2.38. The number of amides is 1. The molecule has 1 aliphatic rings. The van der Waals surface area contributed by atoms with Gasteiger partial charge >= 0.3 is 0 Å². The lowest BCUT2D eigenvalue weighted by Crippen LogP contribution is -2.46. The molecule has 7 heteroatoms. The van der Waals surface area contributed by atoms with Crippen LogP contribution in [-0.4, -0.2) is 37.8 Å². The van der Waals surface area contributed by atoms with Crippen LogP contribution in [0.3, 0.4) is 0 Å². The monoisotopic (exact) mass is 458 g/mol. The molecule has 0 aliphatic heterocycles. The van der Waals surface area contributed by atoms with Crippen LogP contribution in [0.1, 0.15) is 55.7 Å². The van der Waals surface area contributed by atoms with Crippen molar-refractivity contribution in [1.29, 1.82) is 0 Å². The molecule has 0 bridgehead atoms. The zero-order chi connectivity index (χ0) is 23.3. The van der Waals surface area contributed by atoms with Crippen LogP contribution >= 0.6 is 0 Å². The minimum absolute atomic E-state index is 0.167. The molecule has 0 unspecified atom stereocenters. The molecule has 0 aromatic heterocycles. The first-order valence-electron chi connectivity index (χ1n) is 11.3. The lowest BCUT2D eigenvalue weighted by Gasteiger charge is -2.33. The van der Waals surface area contributed by atoms with E-state index in [0.29, 0.717) is 17.2 Å². The van der Waals surface area contributed by atoms with Crippen molar-refractivity contribution in [2.75, 3.05) is 18.5 Å². The fourth-order valence-electron chi connectivity index (χ4n) is 4.61. The summed E-state index contributed by atoms with van der Waals surface area (Å²) >= 11 is 0. The molecular weight excluding hydrogens is 424 g/mol. The van der Waals surface area contributed by atoms with Gasteiger partial charge in [0.2, 0.25) is 15.9 Å². The molecule has 3 rings (SSSR count). The SMILES string of the molecule is CCOc1ccc(NC(=O)CN(C2CCCCC2)S(=O)(=O)c2c(C)cc(C)cc2C)cc1. The van der Waals surface area contributed by atoms with E-state index < -0.39 is 10.0 Å². The second-order valence-electron chi connectivity index (χ2n) is 8.58. The summed E-state index contributed by atoms with van der Waals surface area (Å²) in [4.78, 5) is 13.3. The molecule has 1 fully saturated rings. The van der Waals surface area contributed by atoms with Gasteiger partial charge in [0.1, 0.15) is 5.75 Å². The summed E-state index contributed by atoms with van der Waals surface area (Å²) in [5.41, 5.74) is 3.07. The van der Waals surface area contributed by atoms with Crippen molar-refractivity contribution in [2.45, 2.75) is 70.7 Å². The predicted octanol–water partition coefficient (Wildman–Crippen LogP) is 4.97. The standard InChI is InChI=1S/C25H34N2O4S/c1-5-31-23-13-11-21(12-14-23)26-24(28)17-27(22-9-7-6-8-10-22)32(29,30)25-19(3)15-18(2)16-20(25)4/h11-16,22H,5-10,17H2,1-4H3,(H,26,28). The lowest BCUT2D eigenvalue weighted by molar-refractivity contribution is -0.116. The minimum atomic E-state index is -3.83. The predicted molar refractivity (Wildman–Crippen MR) is 128 cm³/mol. The first-order chi connectivity index (χ1) is 15.2. The molecule has 2 aromatic rings. The zero-order valence-electron chi connectivity index (χ0n) is 19.5. The summed E-state index contributed by atoms with van der Waals surface area (Å²) < 4.78 is 34.5. The zero-order valence-corrected chi connectivity index (χ0v) is 20.3. The fourth-order valence-corrected chi connectivity index (χ4v) is 6.67. The third kappa shape index (κ3) is 5.70. The Balaban J connectivity index is 1.87. The van der Waals surface area contributed by atoms with Gasteiger partial charge in [-0.25, -0.2) is 8.42 Å². The summed E-state index contributed by atoms with van der Waals surface area (Å²) in [6, 6.07) is 10.7. The largest absolute Gasteiger partial charge is 0.494 e. The number of carbonyl (C=O) groups excluding carboxylic acids is 1. The fraction of sp³-hybridized carbons (Fsp3) is 0.480. The Morgan fingerprint density at radius 2 is 1.62 bits per heavy atom. The van der Waals surface area contributed by atoms with Crippen LogP contribution in [0.4, 0.5) is 5.69 Å². The average molecular weight is 459 g/mol. The molecule has 1 N–H and O–H groups in total. The van der Waals surface area contributed by atoms with Crippen molar-refractivity contribution in [3.05, 3.63) is 53.1 Å². The third-order valence-electron chi connectivity index (χ3n) is 5.90. The second kappa shape index (κ2) is 10.5. The quantitative estimate of drug-likeness (QED) is 0.606. The van der Waals surface area contributed by atoms with E-state index in [1.54, 1.807) is 24.3 Å². The van der Waals surface area contributed by atoms with Crippen molar-refractivity contribution in [2.24, 2.45) is 0 Å². The normalized spacial score (nSPS) is 15.0. The topological polar surface area (TPSA) is 75.7 Å². The molecule has 0 heterocycles. The molecule has 6 nitrogen and oxygen atoms in total. The lowest BCUT2D eigenvalue weighted by atomic mass is 9.95. The van der Waals surface area contributed by atoms with Gasteiger partial charge < -0.3 is 10.1 Å². The van der Waals surface area contributed by atoms with E-state index in [4.69, 9.17) is 4.74 Å². The van der Waals surface area contributed by atoms with E-state index in [0.717, 1.165) is 54.5 Å². The number of benzene rings is 2. The van der Waals surface area contributed by atoms with Gasteiger partial charge in [-0.2, -0.15) is 4.31 Å². The van der Waals surface area contributed by atoms with Gasteiger partial charge in [-0.3, -0.25) is 4.79 Å². The van der Waals surface area contributed by atoms with Crippen molar-refractivity contribution in [1.82, 2.24) is 4.31 Å². The average Bonchev–Trinajstić information content (AvgIpc) is 2.73. The number of nitrogens with one attached hydrogen (secondary N) is 1.